The van der Waals surface area contributed by atoms with E-state index in [4.69, 9.17) is 4.74 Å². The van der Waals surface area contributed by atoms with Gasteiger partial charge in [0.25, 0.3) is 0 Å². The average molecular weight is 285 g/mol. The predicted octanol–water partition coefficient (Wildman–Crippen LogP) is 2.21. The molecular weight excluding hydrogens is 268 g/mol. The van der Waals surface area contributed by atoms with E-state index in [0.717, 1.165) is 36.4 Å². The third-order valence-electron chi connectivity index (χ3n) is 2.96. The van der Waals surface area contributed by atoms with Gasteiger partial charge in [-0.05, 0) is 19.2 Å². The van der Waals surface area contributed by atoms with Crippen LogP contribution in [0, 0.1) is 0 Å². The van der Waals surface area contributed by atoms with E-state index in [1.807, 2.05) is 6.07 Å². The summed E-state index contributed by atoms with van der Waals surface area (Å²) in [5.74, 6) is 0.906. The number of hydrogen-bond acceptors (Lipinski definition) is 3. The topological polar surface area (TPSA) is 15.7 Å². The molecule has 1 saturated heterocycles. The van der Waals surface area contributed by atoms with Gasteiger partial charge in [-0.2, -0.15) is 0 Å². The second kappa shape index (κ2) is 5.06. The molecule has 1 aliphatic rings. The quantitative estimate of drug-likeness (QED) is 0.828. The fourth-order valence-electron chi connectivity index (χ4n) is 1.91. The molecule has 16 heavy (non-hydrogen) atoms. The van der Waals surface area contributed by atoms with Gasteiger partial charge in [0.05, 0.1) is 7.11 Å². The van der Waals surface area contributed by atoms with Gasteiger partial charge in [0.2, 0.25) is 0 Å². The van der Waals surface area contributed by atoms with E-state index in [9.17, 15) is 0 Å². The molecule has 1 heterocycles. The highest BCUT2D eigenvalue weighted by atomic mass is 79.9. The zero-order valence-corrected chi connectivity index (χ0v) is 11.3. The van der Waals surface area contributed by atoms with Gasteiger partial charge in [-0.3, -0.25) is 0 Å². The van der Waals surface area contributed by atoms with Crippen LogP contribution in [0.3, 0.4) is 0 Å². The molecule has 3 nitrogen and oxygen atoms in total. The Bertz CT molecular complexity index is 362. The lowest BCUT2D eigenvalue weighted by atomic mass is 10.2. The van der Waals surface area contributed by atoms with Crippen molar-refractivity contribution < 1.29 is 4.74 Å². The van der Waals surface area contributed by atoms with E-state index >= 15 is 0 Å². The molecule has 88 valence electrons. The second-order valence-corrected chi connectivity index (χ2v) is 5.06. The molecule has 1 aromatic carbocycles. The van der Waals surface area contributed by atoms with E-state index in [-0.39, 0.29) is 0 Å². The van der Waals surface area contributed by atoms with Crippen LogP contribution in [0.5, 0.6) is 5.75 Å². The Morgan fingerprint density at radius 1 is 1.12 bits per heavy atom. The molecule has 0 aromatic heterocycles. The molecule has 1 fully saturated rings. The van der Waals surface area contributed by atoms with Crippen LogP contribution in [0.4, 0.5) is 5.69 Å². The van der Waals surface area contributed by atoms with Gasteiger partial charge >= 0.3 is 0 Å². The van der Waals surface area contributed by atoms with Crippen molar-refractivity contribution in [3.8, 4) is 5.75 Å². The Hall–Kier alpha value is -0.740. The summed E-state index contributed by atoms with van der Waals surface area (Å²) >= 11 is 3.52. The number of halogens is 1. The minimum atomic E-state index is 0.906. The van der Waals surface area contributed by atoms with Crippen LogP contribution in [0.2, 0.25) is 0 Å². The first-order valence-corrected chi connectivity index (χ1v) is 6.26. The number of rotatable bonds is 2. The third-order valence-corrected chi connectivity index (χ3v) is 3.42. The molecule has 0 saturated carbocycles. The highest BCUT2D eigenvalue weighted by molar-refractivity contribution is 9.10. The largest absolute Gasteiger partial charge is 0.497 e. The van der Waals surface area contributed by atoms with Crippen molar-refractivity contribution in [2.24, 2.45) is 0 Å². The Labute approximate surface area is 105 Å². The van der Waals surface area contributed by atoms with E-state index in [1.165, 1.54) is 5.69 Å². The van der Waals surface area contributed by atoms with E-state index in [0.29, 0.717) is 0 Å². The summed E-state index contributed by atoms with van der Waals surface area (Å²) in [5.41, 5.74) is 1.24. The highest BCUT2D eigenvalue weighted by Crippen LogP contribution is 2.27. The number of ether oxygens (including phenoxy) is 1. The van der Waals surface area contributed by atoms with Crippen LogP contribution in [0.25, 0.3) is 0 Å². The van der Waals surface area contributed by atoms with Gasteiger partial charge in [0, 0.05) is 42.4 Å². The van der Waals surface area contributed by atoms with Crippen LogP contribution in [-0.4, -0.2) is 45.2 Å². The van der Waals surface area contributed by atoms with Crippen LogP contribution < -0.4 is 9.64 Å². The molecule has 0 amide bonds. The van der Waals surface area contributed by atoms with Crippen molar-refractivity contribution in [3.63, 3.8) is 0 Å². The van der Waals surface area contributed by atoms with Crippen LogP contribution in [0.1, 0.15) is 0 Å². The van der Waals surface area contributed by atoms with Crippen molar-refractivity contribution in [3.05, 3.63) is 22.7 Å². The Kier molecular flexibility index (Phi) is 3.71. The molecular formula is C12H17BrN2O. The number of hydrogen-bond donors (Lipinski definition) is 0. The van der Waals surface area contributed by atoms with Gasteiger partial charge < -0.3 is 14.5 Å². The van der Waals surface area contributed by atoms with Crippen molar-refractivity contribution in [2.75, 3.05) is 45.2 Å². The lowest BCUT2D eigenvalue weighted by molar-refractivity contribution is 0.312. The second-order valence-electron chi connectivity index (χ2n) is 4.14. The van der Waals surface area contributed by atoms with Crippen molar-refractivity contribution in [1.29, 1.82) is 0 Å². The van der Waals surface area contributed by atoms with Crippen LogP contribution >= 0.6 is 15.9 Å². The number of methoxy groups -OCH3 is 1. The fraction of sp³-hybridized carbons (Fsp3) is 0.500. The fourth-order valence-corrected chi connectivity index (χ4v) is 2.37. The summed E-state index contributed by atoms with van der Waals surface area (Å²) in [6.07, 6.45) is 0. The lowest BCUT2D eigenvalue weighted by Crippen LogP contribution is -2.44. The van der Waals surface area contributed by atoms with Crippen LogP contribution in [0.15, 0.2) is 22.7 Å². The predicted molar refractivity (Wildman–Crippen MR) is 70.4 cm³/mol. The molecule has 4 heteroatoms. The highest BCUT2D eigenvalue weighted by Gasteiger charge is 2.15. The summed E-state index contributed by atoms with van der Waals surface area (Å²) in [7, 11) is 3.87. The first-order chi connectivity index (χ1) is 7.69. The first kappa shape index (κ1) is 11.7. The molecule has 0 radical (unpaired) electrons. The molecule has 0 unspecified atom stereocenters. The van der Waals surface area contributed by atoms with E-state index in [2.05, 4.69) is 44.9 Å². The van der Waals surface area contributed by atoms with Crippen molar-refractivity contribution in [1.82, 2.24) is 4.90 Å². The minimum absolute atomic E-state index is 0.906. The van der Waals surface area contributed by atoms with E-state index in [1.54, 1.807) is 7.11 Å². The average Bonchev–Trinajstić information content (AvgIpc) is 2.29. The van der Waals surface area contributed by atoms with Gasteiger partial charge in [-0.15, -0.1) is 0 Å². The maximum Gasteiger partial charge on any atom is 0.122 e. The molecule has 0 bridgehead atoms. The summed E-state index contributed by atoms with van der Waals surface area (Å²) < 4.78 is 6.35. The number of likely N-dealkylation sites (N-methyl/N-ethyl adjacent to an activating group) is 1. The summed E-state index contributed by atoms with van der Waals surface area (Å²) in [4.78, 5) is 4.75. The SMILES string of the molecule is COc1cc(Br)cc(N2CCN(C)CC2)c1. The summed E-state index contributed by atoms with van der Waals surface area (Å²) in [6.45, 7) is 4.40. The van der Waals surface area contributed by atoms with Gasteiger partial charge in [-0.1, -0.05) is 15.9 Å². The number of anilines is 1. The molecule has 1 aromatic rings. The van der Waals surface area contributed by atoms with E-state index < -0.39 is 0 Å². The third kappa shape index (κ3) is 2.68. The zero-order valence-electron chi connectivity index (χ0n) is 9.74. The number of nitrogens with zero attached hydrogens (tertiary/aromatic N) is 2. The Balaban J connectivity index is 2.16. The molecule has 0 atom stereocenters. The number of benzene rings is 1. The molecule has 2 rings (SSSR count). The number of piperazine rings is 1. The monoisotopic (exact) mass is 284 g/mol. The molecule has 1 aliphatic heterocycles. The Morgan fingerprint density at radius 3 is 2.44 bits per heavy atom. The normalized spacial score (nSPS) is 17.6. The molecule has 0 aliphatic carbocycles. The smallest absolute Gasteiger partial charge is 0.122 e. The van der Waals surface area contributed by atoms with Crippen LogP contribution in [-0.2, 0) is 0 Å². The van der Waals surface area contributed by atoms with Gasteiger partial charge in [0.15, 0.2) is 0 Å². The Morgan fingerprint density at radius 2 is 1.81 bits per heavy atom. The first-order valence-electron chi connectivity index (χ1n) is 5.47. The van der Waals surface area contributed by atoms with Crippen molar-refractivity contribution in [2.45, 2.75) is 0 Å². The lowest BCUT2D eigenvalue weighted by Gasteiger charge is -2.34. The maximum absolute atomic E-state index is 5.28. The summed E-state index contributed by atoms with van der Waals surface area (Å²) in [5, 5.41) is 0. The molecule has 0 spiro atoms. The standard InChI is InChI=1S/C12H17BrN2O/c1-14-3-5-15(6-4-14)11-7-10(13)8-12(9-11)16-2/h7-9H,3-6H2,1-2H3. The van der Waals surface area contributed by atoms with Gasteiger partial charge in [-0.25, -0.2) is 0 Å². The van der Waals surface area contributed by atoms with Crippen molar-refractivity contribution >= 4 is 21.6 Å². The summed E-state index contributed by atoms with van der Waals surface area (Å²) in [6, 6.07) is 6.23. The molecule has 0 N–H and O–H groups in total. The zero-order chi connectivity index (χ0) is 11.5. The maximum atomic E-state index is 5.28. The minimum Gasteiger partial charge on any atom is -0.497 e. The van der Waals surface area contributed by atoms with Gasteiger partial charge in [0.1, 0.15) is 5.75 Å².